The van der Waals surface area contributed by atoms with Gasteiger partial charge in [0.15, 0.2) is 0 Å². The van der Waals surface area contributed by atoms with Crippen molar-refractivity contribution in [3.05, 3.63) is 18.0 Å². The number of nitrogens with two attached hydrogens (primary N) is 1. The highest BCUT2D eigenvalue weighted by Gasteiger charge is 2.25. The highest BCUT2D eigenvalue weighted by atomic mass is 15.3. The van der Waals surface area contributed by atoms with Gasteiger partial charge >= 0.3 is 0 Å². The predicted octanol–water partition coefficient (Wildman–Crippen LogP) is 1.63. The Labute approximate surface area is 104 Å². The maximum Gasteiger partial charge on any atom is 0.0534 e. The number of hydrogen-bond donors (Lipinski definition) is 1. The van der Waals surface area contributed by atoms with Crippen LogP contribution in [-0.4, -0.2) is 33.8 Å². The van der Waals surface area contributed by atoms with E-state index in [0.29, 0.717) is 18.0 Å². The highest BCUT2D eigenvalue weighted by Crippen LogP contribution is 2.20. The Bertz CT molecular complexity index is 356. The van der Waals surface area contributed by atoms with Gasteiger partial charge in [0.1, 0.15) is 0 Å². The molecule has 17 heavy (non-hydrogen) atoms. The zero-order valence-corrected chi connectivity index (χ0v) is 11.1. The number of nitrogens with zero attached hydrogens (tertiary/aromatic N) is 3. The lowest BCUT2D eigenvalue weighted by atomic mass is 10.0. The van der Waals surface area contributed by atoms with Gasteiger partial charge in [0, 0.05) is 36.9 Å². The Balaban J connectivity index is 1.89. The van der Waals surface area contributed by atoms with E-state index in [1.54, 1.807) is 0 Å². The van der Waals surface area contributed by atoms with E-state index in [9.17, 15) is 0 Å². The van der Waals surface area contributed by atoms with E-state index in [4.69, 9.17) is 5.73 Å². The normalized spacial score (nSPS) is 23.5. The van der Waals surface area contributed by atoms with E-state index < -0.39 is 0 Å². The summed E-state index contributed by atoms with van der Waals surface area (Å²) in [5.41, 5.74) is 7.26. The smallest absolute Gasteiger partial charge is 0.0534 e. The summed E-state index contributed by atoms with van der Waals surface area (Å²) in [6.07, 6.45) is 5.37. The Hall–Kier alpha value is -0.870. The number of likely N-dealkylation sites (tertiary alicyclic amines) is 1. The minimum atomic E-state index is 0.318. The summed E-state index contributed by atoms with van der Waals surface area (Å²) in [5, 5.41) is 4.38. The Morgan fingerprint density at radius 1 is 1.47 bits per heavy atom. The van der Waals surface area contributed by atoms with Crippen LogP contribution in [0.2, 0.25) is 0 Å². The predicted molar refractivity (Wildman–Crippen MR) is 69.6 cm³/mol. The van der Waals surface area contributed by atoms with Crippen LogP contribution < -0.4 is 5.73 Å². The van der Waals surface area contributed by atoms with Crippen LogP contribution in [0.3, 0.4) is 0 Å². The summed E-state index contributed by atoms with van der Waals surface area (Å²) in [7, 11) is 0. The van der Waals surface area contributed by atoms with Gasteiger partial charge in [-0.15, -0.1) is 0 Å². The monoisotopic (exact) mass is 236 g/mol. The van der Waals surface area contributed by atoms with Crippen LogP contribution in [0, 0.1) is 5.92 Å². The van der Waals surface area contributed by atoms with Gasteiger partial charge in [-0.1, -0.05) is 0 Å². The van der Waals surface area contributed by atoms with Gasteiger partial charge in [0.25, 0.3) is 0 Å². The summed E-state index contributed by atoms with van der Waals surface area (Å²) in [6.45, 7) is 9.72. The van der Waals surface area contributed by atoms with Gasteiger partial charge < -0.3 is 5.73 Å². The van der Waals surface area contributed by atoms with Crippen LogP contribution >= 0.6 is 0 Å². The van der Waals surface area contributed by atoms with Crippen molar-refractivity contribution < 1.29 is 0 Å². The quantitative estimate of drug-likeness (QED) is 0.864. The molecule has 1 fully saturated rings. The van der Waals surface area contributed by atoms with Crippen molar-refractivity contribution in [2.75, 3.05) is 13.1 Å². The van der Waals surface area contributed by atoms with E-state index >= 15 is 0 Å². The van der Waals surface area contributed by atoms with Gasteiger partial charge in [-0.3, -0.25) is 9.58 Å². The Morgan fingerprint density at radius 3 is 2.76 bits per heavy atom. The largest absolute Gasteiger partial charge is 0.328 e. The van der Waals surface area contributed by atoms with Gasteiger partial charge in [0.05, 0.1) is 6.20 Å². The number of rotatable bonds is 4. The molecule has 0 radical (unpaired) electrons. The van der Waals surface area contributed by atoms with Crippen LogP contribution in [0.15, 0.2) is 12.4 Å². The molecule has 0 aliphatic carbocycles. The average Bonchev–Trinajstić information content (AvgIpc) is 2.87. The standard InChI is InChI=1S/C13H24N4/c1-10(2)17-8-12(6-15-17)7-16-5-4-13(9-16)11(3)14/h6,8,10-11,13H,4-5,7,9,14H2,1-3H3. The molecule has 2 unspecified atom stereocenters. The van der Waals surface area contributed by atoms with Crippen molar-refractivity contribution in [1.82, 2.24) is 14.7 Å². The molecule has 2 atom stereocenters. The topological polar surface area (TPSA) is 47.1 Å². The molecule has 2 N–H and O–H groups in total. The summed E-state index contributed by atoms with van der Waals surface area (Å²) in [4.78, 5) is 2.48. The fourth-order valence-corrected chi connectivity index (χ4v) is 2.44. The summed E-state index contributed by atoms with van der Waals surface area (Å²) < 4.78 is 2.02. The molecule has 0 spiro atoms. The van der Waals surface area contributed by atoms with Gasteiger partial charge in [-0.25, -0.2) is 0 Å². The first kappa shape index (κ1) is 12.6. The molecule has 1 saturated heterocycles. The molecule has 4 nitrogen and oxygen atoms in total. The lowest BCUT2D eigenvalue weighted by Gasteiger charge is -2.16. The first-order chi connectivity index (χ1) is 8.06. The molecule has 1 aliphatic heterocycles. The third kappa shape index (κ3) is 3.07. The van der Waals surface area contributed by atoms with E-state index in [2.05, 4.69) is 37.0 Å². The first-order valence-corrected chi connectivity index (χ1v) is 6.57. The molecule has 1 aromatic rings. The SMILES string of the molecule is CC(N)C1CCN(Cc2cnn(C(C)C)c2)C1. The average molecular weight is 236 g/mol. The fourth-order valence-electron chi connectivity index (χ4n) is 2.44. The van der Waals surface area contributed by atoms with Crippen molar-refractivity contribution in [2.45, 2.75) is 45.8 Å². The second-order valence-corrected chi connectivity index (χ2v) is 5.57. The van der Waals surface area contributed by atoms with Crippen LogP contribution in [0.4, 0.5) is 0 Å². The number of hydrogen-bond acceptors (Lipinski definition) is 3. The van der Waals surface area contributed by atoms with Crippen molar-refractivity contribution >= 4 is 0 Å². The summed E-state index contributed by atoms with van der Waals surface area (Å²) >= 11 is 0. The lowest BCUT2D eigenvalue weighted by molar-refractivity contribution is 0.308. The zero-order valence-electron chi connectivity index (χ0n) is 11.1. The Morgan fingerprint density at radius 2 is 2.24 bits per heavy atom. The van der Waals surface area contributed by atoms with Crippen LogP contribution in [0.5, 0.6) is 0 Å². The molecule has 0 saturated carbocycles. The molecule has 2 rings (SSSR count). The molecular formula is C13H24N4. The van der Waals surface area contributed by atoms with E-state index in [1.165, 1.54) is 18.5 Å². The maximum absolute atomic E-state index is 5.95. The summed E-state index contributed by atoms with van der Waals surface area (Å²) in [5.74, 6) is 0.662. The van der Waals surface area contributed by atoms with E-state index in [-0.39, 0.29) is 0 Å². The number of aromatic nitrogens is 2. The van der Waals surface area contributed by atoms with Crippen molar-refractivity contribution in [3.8, 4) is 0 Å². The lowest BCUT2D eigenvalue weighted by Crippen LogP contribution is -2.29. The third-order valence-corrected chi connectivity index (χ3v) is 3.64. The molecule has 1 aromatic heterocycles. The molecule has 0 amide bonds. The zero-order chi connectivity index (χ0) is 12.4. The van der Waals surface area contributed by atoms with E-state index in [0.717, 1.165) is 13.1 Å². The van der Waals surface area contributed by atoms with Gasteiger partial charge in [-0.05, 0) is 39.7 Å². The maximum atomic E-state index is 5.95. The minimum Gasteiger partial charge on any atom is -0.328 e. The second kappa shape index (κ2) is 5.19. The van der Waals surface area contributed by atoms with Crippen molar-refractivity contribution in [2.24, 2.45) is 11.7 Å². The Kier molecular flexibility index (Phi) is 3.84. The van der Waals surface area contributed by atoms with Crippen molar-refractivity contribution in [1.29, 1.82) is 0 Å². The molecule has 0 aromatic carbocycles. The molecule has 1 aliphatic rings. The first-order valence-electron chi connectivity index (χ1n) is 6.57. The van der Waals surface area contributed by atoms with Crippen LogP contribution in [0.1, 0.15) is 38.8 Å². The highest BCUT2D eigenvalue weighted by molar-refractivity contribution is 5.04. The van der Waals surface area contributed by atoms with Crippen molar-refractivity contribution in [3.63, 3.8) is 0 Å². The second-order valence-electron chi connectivity index (χ2n) is 5.57. The third-order valence-electron chi connectivity index (χ3n) is 3.64. The molecule has 0 bridgehead atoms. The summed E-state index contributed by atoms with van der Waals surface area (Å²) in [6, 6.07) is 0.762. The molecular weight excluding hydrogens is 212 g/mol. The fraction of sp³-hybridized carbons (Fsp3) is 0.769. The molecule has 96 valence electrons. The molecule has 2 heterocycles. The van der Waals surface area contributed by atoms with Crippen LogP contribution in [-0.2, 0) is 6.54 Å². The van der Waals surface area contributed by atoms with Gasteiger partial charge in [0.2, 0.25) is 0 Å². The van der Waals surface area contributed by atoms with Gasteiger partial charge in [-0.2, -0.15) is 5.10 Å². The van der Waals surface area contributed by atoms with Crippen LogP contribution in [0.25, 0.3) is 0 Å². The molecule has 4 heteroatoms. The van der Waals surface area contributed by atoms with E-state index in [1.807, 2.05) is 10.9 Å². The minimum absolute atomic E-state index is 0.318.